The summed E-state index contributed by atoms with van der Waals surface area (Å²) in [7, 11) is 1.26. The molecule has 2 rings (SSSR count). The zero-order valence-corrected chi connectivity index (χ0v) is 13.3. The summed E-state index contributed by atoms with van der Waals surface area (Å²) in [5.41, 5.74) is -0.335. The first-order valence-electron chi connectivity index (χ1n) is 7.28. The Morgan fingerprint density at radius 1 is 1.43 bits per heavy atom. The number of carbonyl (C=O) groups is 2. The molecule has 0 amide bonds. The van der Waals surface area contributed by atoms with E-state index in [0.29, 0.717) is 6.42 Å². The van der Waals surface area contributed by atoms with Crippen LogP contribution in [0.2, 0.25) is 0 Å². The van der Waals surface area contributed by atoms with E-state index in [0.717, 1.165) is 18.6 Å². The van der Waals surface area contributed by atoms with Crippen molar-refractivity contribution in [3.05, 3.63) is 0 Å². The van der Waals surface area contributed by atoms with Gasteiger partial charge < -0.3 is 14.3 Å². The molecule has 1 aliphatic carbocycles. The van der Waals surface area contributed by atoms with E-state index in [2.05, 4.69) is 9.89 Å². The fraction of sp³-hybridized carbons (Fsp3) is 0.800. The van der Waals surface area contributed by atoms with Crippen molar-refractivity contribution in [1.29, 1.82) is 0 Å². The molecule has 3 unspecified atom stereocenters. The monoisotopic (exact) mass is 297 g/mol. The van der Waals surface area contributed by atoms with Gasteiger partial charge in [0.15, 0.2) is 6.10 Å². The van der Waals surface area contributed by atoms with E-state index in [4.69, 9.17) is 9.57 Å². The Balaban J connectivity index is 2.16. The molecular formula is C15H23NO5. The fourth-order valence-corrected chi connectivity index (χ4v) is 3.05. The van der Waals surface area contributed by atoms with E-state index in [1.807, 2.05) is 20.8 Å². The molecule has 0 N–H and O–H groups in total. The van der Waals surface area contributed by atoms with Crippen molar-refractivity contribution in [2.75, 3.05) is 7.11 Å². The predicted molar refractivity (Wildman–Crippen MR) is 75.6 cm³/mol. The molecule has 1 aliphatic heterocycles. The molecule has 0 spiro atoms. The maximum atomic E-state index is 12.5. The number of hydrogen-bond acceptors (Lipinski definition) is 6. The van der Waals surface area contributed by atoms with Crippen molar-refractivity contribution >= 4 is 17.7 Å². The van der Waals surface area contributed by atoms with E-state index in [9.17, 15) is 9.59 Å². The Labute approximate surface area is 124 Å². The second-order valence-electron chi connectivity index (χ2n) is 6.72. The predicted octanol–water partition coefficient (Wildman–Crippen LogP) is 2.06. The number of esters is 2. The van der Waals surface area contributed by atoms with Crippen LogP contribution < -0.4 is 0 Å². The SMILES string of the molecule is COC(=O)C(C)OC(=O)C12CCCC1C(C(C)(C)C)=NO2. The molecule has 0 saturated heterocycles. The fourth-order valence-electron chi connectivity index (χ4n) is 3.05. The number of hydrogen-bond donors (Lipinski definition) is 0. The van der Waals surface area contributed by atoms with Crippen molar-refractivity contribution in [3.63, 3.8) is 0 Å². The maximum Gasteiger partial charge on any atom is 0.354 e. The highest BCUT2D eigenvalue weighted by atomic mass is 16.7. The Morgan fingerprint density at radius 3 is 2.67 bits per heavy atom. The largest absolute Gasteiger partial charge is 0.466 e. The van der Waals surface area contributed by atoms with Gasteiger partial charge in [-0.1, -0.05) is 25.9 Å². The smallest absolute Gasteiger partial charge is 0.354 e. The third-order valence-electron chi connectivity index (χ3n) is 4.17. The molecule has 0 aromatic heterocycles. The third-order valence-corrected chi connectivity index (χ3v) is 4.17. The Bertz CT molecular complexity index is 479. The summed E-state index contributed by atoms with van der Waals surface area (Å²) in [6, 6.07) is 0. The summed E-state index contributed by atoms with van der Waals surface area (Å²) >= 11 is 0. The molecule has 1 fully saturated rings. The number of ether oxygens (including phenoxy) is 2. The highest BCUT2D eigenvalue weighted by Gasteiger charge is 2.60. The molecule has 21 heavy (non-hydrogen) atoms. The molecule has 2 aliphatic rings. The summed E-state index contributed by atoms with van der Waals surface area (Å²) in [5, 5.41) is 4.16. The van der Waals surface area contributed by atoms with Gasteiger partial charge in [0.05, 0.1) is 18.7 Å². The molecule has 6 heteroatoms. The van der Waals surface area contributed by atoms with E-state index in [1.165, 1.54) is 14.0 Å². The van der Waals surface area contributed by atoms with E-state index < -0.39 is 23.6 Å². The Morgan fingerprint density at radius 2 is 2.10 bits per heavy atom. The van der Waals surface area contributed by atoms with E-state index in [-0.39, 0.29) is 11.3 Å². The van der Waals surface area contributed by atoms with Gasteiger partial charge in [-0.25, -0.2) is 9.59 Å². The van der Waals surface area contributed by atoms with E-state index >= 15 is 0 Å². The van der Waals surface area contributed by atoms with Crippen LogP contribution in [0, 0.1) is 11.3 Å². The van der Waals surface area contributed by atoms with E-state index in [1.54, 1.807) is 0 Å². The van der Waals surface area contributed by atoms with Crippen LogP contribution >= 0.6 is 0 Å². The zero-order valence-electron chi connectivity index (χ0n) is 13.3. The first-order chi connectivity index (χ1) is 9.72. The van der Waals surface area contributed by atoms with Crippen molar-refractivity contribution in [2.24, 2.45) is 16.5 Å². The van der Waals surface area contributed by atoms with Gasteiger partial charge in [-0.15, -0.1) is 0 Å². The summed E-state index contributed by atoms with van der Waals surface area (Å²) in [5.74, 6) is -1.18. The lowest BCUT2D eigenvalue weighted by Gasteiger charge is -2.28. The lowest BCUT2D eigenvalue weighted by atomic mass is 9.76. The second kappa shape index (κ2) is 5.31. The zero-order chi connectivity index (χ0) is 15.8. The van der Waals surface area contributed by atoms with Crippen molar-refractivity contribution in [2.45, 2.75) is 58.7 Å². The first-order valence-corrected chi connectivity index (χ1v) is 7.28. The average molecular weight is 297 g/mol. The number of rotatable bonds is 3. The van der Waals surface area contributed by atoms with Gasteiger partial charge in [-0.05, 0) is 19.8 Å². The molecule has 0 radical (unpaired) electrons. The minimum atomic E-state index is -1.06. The normalized spacial score (nSPS) is 29.2. The molecule has 0 aromatic carbocycles. The highest BCUT2D eigenvalue weighted by Crippen LogP contribution is 2.48. The molecule has 3 atom stereocenters. The maximum absolute atomic E-state index is 12.5. The van der Waals surface area contributed by atoms with Gasteiger partial charge in [0, 0.05) is 11.8 Å². The molecule has 0 bridgehead atoms. The highest BCUT2D eigenvalue weighted by molar-refractivity contribution is 5.99. The first kappa shape index (κ1) is 15.8. The molecule has 1 saturated carbocycles. The summed E-state index contributed by atoms with van der Waals surface area (Å²) in [4.78, 5) is 29.5. The summed E-state index contributed by atoms with van der Waals surface area (Å²) in [6.45, 7) is 7.63. The molecule has 1 heterocycles. The van der Waals surface area contributed by atoms with Crippen LogP contribution in [0.3, 0.4) is 0 Å². The van der Waals surface area contributed by atoms with Crippen LogP contribution in [0.5, 0.6) is 0 Å². The molecular weight excluding hydrogens is 274 g/mol. The van der Waals surface area contributed by atoms with Crippen LogP contribution in [0.4, 0.5) is 0 Å². The van der Waals surface area contributed by atoms with Gasteiger partial charge in [0.1, 0.15) is 0 Å². The lowest BCUT2D eigenvalue weighted by Crippen LogP contribution is -2.47. The van der Waals surface area contributed by atoms with Crippen molar-refractivity contribution in [3.8, 4) is 0 Å². The third kappa shape index (κ3) is 2.63. The van der Waals surface area contributed by atoms with Gasteiger partial charge in [0.25, 0.3) is 0 Å². The molecule has 0 aromatic rings. The number of carbonyl (C=O) groups excluding carboxylic acids is 2. The number of nitrogens with zero attached hydrogens (tertiary/aromatic N) is 1. The van der Waals surface area contributed by atoms with Crippen LogP contribution in [-0.4, -0.2) is 36.5 Å². The Kier molecular flexibility index (Phi) is 4.00. The summed E-state index contributed by atoms with van der Waals surface area (Å²) in [6.07, 6.45) is 1.34. The van der Waals surface area contributed by atoms with Crippen LogP contribution in [0.25, 0.3) is 0 Å². The molecule has 6 nitrogen and oxygen atoms in total. The van der Waals surface area contributed by atoms with Gasteiger partial charge in [0.2, 0.25) is 5.60 Å². The minimum absolute atomic E-state index is 0.0742. The van der Waals surface area contributed by atoms with Crippen LogP contribution in [-0.2, 0) is 23.9 Å². The Hall–Kier alpha value is -1.59. The quantitative estimate of drug-likeness (QED) is 0.745. The van der Waals surface area contributed by atoms with Crippen LogP contribution in [0.1, 0.15) is 47.0 Å². The molecule has 118 valence electrons. The van der Waals surface area contributed by atoms with Crippen LogP contribution in [0.15, 0.2) is 5.16 Å². The summed E-state index contributed by atoms with van der Waals surface area (Å²) < 4.78 is 9.82. The number of methoxy groups -OCH3 is 1. The van der Waals surface area contributed by atoms with Crippen molar-refractivity contribution in [1.82, 2.24) is 0 Å². The van der Waals surface area contributed by atoms with Gasteiger partial charge in [-0.2, -0.15) is 0 Å². The number of oxime groups is 1. The second-order valence-corrected chi connectivity index (χ2v) is 6.72. The lowest BCUT2D eigenvalue weighted by molar-refractivity contribution is -0.183. The van der Waals surface area contributed by atoms with Gasteiger partial charge >= 0.3 is 11.9 Å². The standard InChI is InChI=1S/C15H23NO5/c1-9(12(17)19-5)20-13(18)15-8-6-7-10(15)11(16-21-15)14(2,3)4/h9-10H,6-8H2,1-5H3. The topological polar surface area (TPSA) is 74.2 Å². The minimum Gasteiger partial charge on any atom is -0.466 e. The van der Waals surface area contributed by atoms with Crippen molar-refractivity contribution < 1.29 is 23.9 Å². The number of fused-ring (bicyclic) bond motifs is 1. The average Bonchev–Trinajstić information content (AvgIpc) is 2.94. The van der Waals surface area contributed by atoms with Gasteiger partial charge in [-0.3, -0.25) is 0 Å².